The Labute approximate surface area is 158 Å². The zero-order chi connectivity index (χ0) is 17.1. The minimum Gasteiger partial charge on any atom is -0.483 e. The van der Waals surface area contributed by atoms with Crippen LogP contribution in [0.2, 0.25) is 0 Å². The van der Waals surface area contributed by atoms with Gasteiger partial charge in [0.2, 0.25) is 0 Å². The first kappa shape index (κ1) is 17.1. The predicted octanol–water partition coefficient (Wildman–Crippen LogP) is 4.69. The van der Waals surface area contributed by atoms with Crippen LogP contribution < -0.4 is 4.74 Å². The second-order valence-corrected chi connectivity index (χ2v) is 7.85. The van der Waals surface area contributed by atoms with Crippen LogP contribution in [0.3, 0.4) is 0 Å². The van der Waals surface area contributed by atoms with Gasteiger partial charge < -0.3 is 13.9 Å². The van der Waals surface area contributed by atoms with Crippen LogP contribution in [0.25, 0.3) is 10.8 Å². The molecule has 24 heavy (non-hydrogen) atoms. The van der Waals surface area contributed by atoms with E-state index in [4.69, 9.17) is 9.15 Å². The van der Waals surface area contributed by atoms with E-state index in [9.17, 15) is 4.79 Å². The second-order valence-electron chi connectivity index (χ2n) is 4.53. The third-order valence-corrected chi connectivity index (χ3v) is 5.19. The monoisotopic (exact) mass is 472 g/mol. The predicted molar refractivity (Wildman–Crippen MR) is 95.1 cm³/mol. The normalized spacial score (nSPS) is 10.6. The Morgan fingerprint density at radius 1 is 1.25 bits per heavy atom. The quantitative estimate of drug-likeness (QED) is 0.500. The maximum absolute atomic E-state index is 11.5. The van der Waals surface area contributed by atoms with E-state index in [0.29, 0.717) is 27.6 Å². The van der Waals surface area contributed by atoms with Gasteiger partial charge in [-0.2, -0.15) is 0 Å². The molecule has 0 unspecified atom stereocenters. The molecule has 2 aromatic heterocycles. The van der Waals surface area contributed by atoms with Crippen LogP contribution in [0.1, 0.15) is 16.2 Å². The fourth-order valence-corrected chi connectivity index (χ4v) is 3.64. The first-order valence-electron chi connectivity index (χ1n) is 6.65. The van der Waals surface area contributed by atoms with Crippen LogP contribution >= 0.6 is 43.2 Å². The molecule has 3 aromatic rings. The maximum atomic E-state index is 11.5. The fourth-order valence-electron chi connectivity index (χ4n) is 1.84. The number of thiophene rings is 1. The van der Waals surface area contributed by atoms with Crippen molar-refractivity contribution in [1.82, 2.24) is 10.2 Å². The Bertz CT molecular complexity index is 878. The highest BCUT2D eigenvalue weighted by Crippen LogP contribution is 2.31. The molecule has 0 aliphatic heterocycles. The summed E-state index contributed by atoms with van der Waals surface area (Å²) in [7, 11) is 1.33. The van der Waals surface area contributed by atoms with Crippen molar-refractivity contribution >= 4 is 49.2 Å². The number of carbonyl (C=O) groups excluding carboxylic acids is 1. The Balaban J connectivity index is 1.68. The Morgan fingerprint density at radius 3 is 2.75 bits per heavy atom. The lowest BCUT2D eigenvalue weighted by Crippen LogP contribution is -2.02. The van der Waals surface area contributed by atoms with Gasteiger partial charge in [-0.3, -0.25) is 0 Å². The third-order valence-electron chi connectivity index (χ3n) is 2.95. The molecule has 2 heterocycles. The molecule has 9 heteroatoms. The van der Waals surface area contributed by atoms with Gasteiger partial charge in [0.15, 0.2) is 6.61 Å². The number of nitrogens with zero attached hydrogens (tertiary/aromatic N) is 2. The Hall–Kier alpha value is -1.71. The number of hydrogen-bond acceptors (Lipinski definition) is 7. The van der Waals surface area contributed by atoms with E-state index < -0.39 is 5.97 Å². The fraction of sp³-hybridized carbons (Fsp3) is 0.133. The van der Waals surface area contributed by atoms with E-state index in [-0.39, 0.29) is 6.61 Å². The minimum absolute atomic E-state index is 0.121. The van der Waals surface area contributed by atoms with Crippen LogP contribution in [0.15, 0.2) is 43.0 Å². The van der Waals surface area contributed by atoms with Crippen molar-refractivity contribution in [3.8, 4) is 16.5 Å². The van der Waals surface area contributed by atoms with Crippen molar-refractivity contribution in [2.45, 2.75) is 6.61 Å². The first-order chi connectivity index (χ1) is 11.6. The Kier molecular flexibility index (Phi) is 5.32. The van der Waals surface area contributed by atoms with E-state index in [1.807, 2.05) is 12.1 Å². The highest BCUT2D eigenvalue weighted by molar-refractivity contribution is 9.11. The molecular formula is C15H10Br2N2O4S. The first-order valence-corrected chi connectivity index (χ1v) is 9.06. The van der Waals surface area contributed by atoms with E-state index >= 15 is 0 Å². The van der Waals surface area contributed by atoms with Gasteiger partial charge in [0.1, 0.15) is 5.75 Å². The van der Waals surface area contributed by atoms with Gasteiger partial charge in [-0.25, -0.2) is 4.79 Å². The molecule has 0 saturated heterocycles. The van der Waals surface area contributed by atoms with Gasteiger partial charge in [0.25, 0.3) is 11.8 Å². The zero-order valence-corrected chi connectivity index (χ0v) is 16.3. The summed E-state index contributed by atoms with van der Waals surface area (Å²) in [6.07, 6.45) is 0. The molecule has 0 saturated carbocycles. The summed E-state index contributed by atoms with van der Waals surface area (Å²) in [5, 5.41) is 7.97. The number of esters is 1. The lowest BCUT2D eigenvalue weighted by atomic mass is 10.2. The van der Waals surface area contributed by atoms with Crippen molar-refractivity contribution in [3.05, 3.63) is 50.0 Å². The smallest absolute Gasteiger partial charge is 0.337 e. The van der Waals surface area contributed by atoms with E-state index in [2.05, 4.69) is 46.8 Å². The van der Waals surface area contributed by atoms with Crippen LogP contribution in [0.4, 0.5) is 0 Å². The van der Waals surface area contributed by atoms with Crippen molar-refractivity contribution < 1.29 is 18.7 Å². The topological polar surface area (TPSA) is 74.5 Å². The minimum atomic E-state index is -0.411. The molecule has 0 bridgehead atoms. The van der Waals surface area contributed by atoms with Crippen molar-refractivity contribution in [3.63, 3.8) is 0 Å². The van der Waals surface area contributed by atoms with Crippen LogP contribution in [0.5, 0.6) is 5.75 Å². The summed E-state index contributed by atoms with van der Waals surface area (Å²) >= 11 is 8.26. The van der Waals surface area contributed by atoms with Gasteiger partial charge in [-0.15, -0.1) is 21.5 Å². The van der Waals surface area contributed by atoms with Crippen LogP contribution in [-0.4, -0.2) is 23.3 Å². The molecule has 6 nitrogen and oxygen atoms in total. The highest BCUT2D eigenvalue weighted by atomic mass is 79.9. The molecule has 1 aromatic carbocycles. The zero-order valence-electron chi connectivity index (χ0n) is 12.3. The standard InChI is InChI=1S/C15H10Br2N2O4S/c1-21-15(20)8-2-3-10(9(16)6-8)22-7-13-18-19-14(23-13)11-4-5-12(17)24-11/h2-6H,7H2,1H3. The second kappa shape index (κ2) is 7.45. The molecule has 0 atom stereocenters. The van der Waals surface area contributed by atoms with Crippen LogP contribution in [0, 0.1) is 0 Å². The maximum Gasteiger partial charge on any atom is 0.337 e. The van der Waals surface area contributed by atoms with Crippen molar-refractivity contribution in [2.24, 2.45) is 0 Å². The number of aromatic nitrogens is 2. The van der Waals surface area contributed by atoms with Gasteiger partial charge >= 0.3 is 5.97 Å². The number of ether oxygens (including phenoxy) is 2. The van der Waals surface area contributed by atoms with E-state index in [0.717, 1.165) is 8.66 Å². The molecule has 3 rings (SSSR count). The third kappa shape index (κ3) is 3.85. The summed E-state index contributed by atoms with van der Waals surface area (Å²) in [4.78, 5) is 12.4. The van der Waals surface area contributed by atoms with E-state index in [1.165, 1.54) is 18.4 Å². The lowest BCUT2D eigenvalue weighted by Gasteiger charge is -2.07. The lowest BCUT2D eigenvalue weighted by molar-refractivity contribution is 0.0600. The summed E-state index contributed by atoms with van der Waals surface area (Å²) in [6, 6.07) is 8.73. The summed E-state index contributed by atoms with van der Waals surface area (Å²) < 4.78 is 17.5. The van der Waals surface area contributed by atoms with Gasteiger partial charge in [0, 0.05) is 0 Å². The van der Waals surface area contributed by atoms with Gasteiger partial charge in [-0.05, 0) is 62.2 Å². The molecule has 0 amide bonds. The molecule has 0 fully saturated rings. The molecule has 0 radical (unpaired) electrons. The summed E-state index contributed by atoms with van der Waals surface area (Å²) in [6.45, 7) is 0.121. The number of hydrogen-bond donors (Lipinski definition) is 0. The summed E-state index contributed by atoms with van der Waals surface area (Å²) in [5.74, 6) is 0.954. The number of carbonyl (C=O) groups is 1. The SMILES string of the molecule is COC(=O)c1ccc(OCc2nnc(-c3ccc(Br)s3)o2)c(Br)c1. The average Bonchev–Trinajstić information content (AvgIpc) is 3.21. The number of halogens is 2. The summed E-state index contributed by atoms with van der Waals surface area (Å²) in [5.41, 5.74) is 0.431. The van der Waals surface area contributed by atoms with Crippen molar-refractivity contribution in [2.75, 3.05) is 7.11 Å². The molecule has 0 aliphatic rings. The molecular weight excluding hydrogens is 464 g/mol. The number of benzene rings is 1. The molecule has 0 N–H and O–H groups in total. The molecule has 0 spiro atoms. The highest BCUT2D eigenvalue weighted by Gasteiger charge is 2.13. The number of rotatable bonds is 5. The average molecular weight is 474 g/mol. The van der Waals surface area contributed by atoms with E-state index in [1.54, 1.807) is 18.2 Å². The number of methoxy groups -OCH3 is 1. The van der Waals surface area contributed by atoms with Crippen LogP contribution in [-0.2, 0) is 11.3 Å². The largest absolute Gasteiger partial charge is 0.483 e. The molecule has 124 valence electrons. The molecule has 0 aliphatic carbocycles. The Morgan fingerprint density at radius 2 is 2.08 bits per heavy atom. The van der Waals surface area contributed by atoms with Crippen molar-refractivity contribution in [1.29, 1.82) is 0 Å². The van der Waals surface area contributed by atoms with Gasteiger partial charge in [-0.1, -0.05) is 0 Å². The van der Waals surface area contributed by atoms with Gasteiger partial charge in [0.05, 0.1) is 25.8 Å².